The lowest BCUT2D eigenvalue weighted by molar-refractivity contribution is -0.191. The predicted octanol–water partition coefficient (Wildman–Crippen LogP) is 2.08. The molecule has 0 unspecified atom stereocenters. The first kappa shape index (κ1) is 13.7. The van der Waals surface area contributed by atoms with Crippen molar-refractivity contribution in [3.05, 3.63) is 35.9 Å². The molecule has 0 amide bonds. The quantitative estimate of drug-likeness (QED) is 0.918. The maximum absolute atomic E-state index is 12.4. The first-order valence-electron chi connectivity index (χ1n) is 7.21. The highest BCUT2D eigenvalue weighted by Gasteiger charge is 2.58. The minimum absolute atomic E-state index is 0.0371. The molecule has 0 aromatic heterocycles. The summed E-state index contributed by atoms with van der Waals surface area (Å²) in [4.78, 5) is 12.4. The molecule has 1 heterocycles. The smallest absolute Gasteiger partial charge is 0.178 e. The van der Waals surface area contributed by atoms with Crippen LogP contribution in [0.1, 0.15) is 31.4 Å². The maximum Gasteiger partial charge on any atom is 0.178 e. The normalized spacial score (nSPS) is 30.0. The lowest BCUT2D eigenvalue weighted by atomic mass is 9.83. The molecule has 1 saturated carbocycles. The molecule has 1 saturated heterocycles. The van der Waals surface area contributed by atoms with Gasteiger partial charge in [0.15, 0.2) is 5.79 Å². The Morgan fingerprint density at radius 2 is 1.95 bits per heavy atom. The third-order valence-electron chi connectivity index (χ3n) is 4.49. The summed E-state index contributed by atoms with van der Waals surface area (Å²) >= 11 is 0. The largest absolute Gasteiger partial charge is 0.388 e. The van der Waals surface area contributed by atoms with Crippen LogP contribution in [0.5, 0.6) is 0 Å². The minimum atomic E-state index is -0.799. The van der Waals surface area contributed by atoms with E-state index in [1.165, 1.54) is 0 Å². The zero-order valence-electron chi connectivity index (χ0n) is 11.6. The maximum atomic E-state index is 12.4. The summed E-state index contributed by atoms with van der Waals surface area (Å²) in [5.41, 5.74) is 0.777. The molecule has 0 bridgehead atoms. The van der Waals surface area contributed by atoms with Gasteiger partial charge >= 0.3 is 0 Å². The van der Waals surface area contributed by atoms with Gasteiger partial charge in [0.2, 0.25) is 0 Å². The lowest BCUT2D eigenvalue weighted by Gasteiger charge is -2.32. The number of benzene rings is 1. The number of aliphatic hydroxyl groups excluding tert-OH is 1. The van der Waals surface area contributed by atoms with Crippen LogP contribution in [0.2, 0.25) is 0 Å². The van der Waals surface area contributed by atoms with Crippen LogP contribution >= 0.6 is 0 Å². The molecule has 1 spiro atoms. The van der Waals surface area contributed by atoms with Crippen molar-refractivity contribution in [3.63, 3.8) is 0 Å². The van der Waals surface area contributed by atoms with E-state index in [0.717, 1.165) is 12.0 Å². The van der Waals surface area contributed by atoms with Gasteiger partial charge in [-0.05, 0) is 12.0 Å². The number of rotatable bonds is 3. The monoisotopic (exact) mass is 276 g/mol. The number of Topliss-reactive ketones (excluding diaryl/α,β-unsaturated/α-hetero) is 1. The van der Waals surface area contributed by atoms with Gasteiger partial charge in [0.05, 0.1) is 31.7 Å². The molecule has 1 aliphatic carbocycles. The lowest BCUT2D eigenvalue weighted by Crippen LogP contribution is -2.37. The molecule has 4 nitrogen and oxygen atoms in total. The number of ketones is 1. The summed E-state index contributed by atoms with van der Waals surface area (Å²) in [5.74, 6) is -1.30. The van der Waals surface area contributed by atoms with E-state index in [9.17, 15) is 9.90 Å². The first-order valence-corrected chi connectivity index (χ1v) is 7.21. The van der Waals surface area contributed by atoms with Gasteiger partial charge in [-0.3, -0.25) is 4.79 Å². The van der Waals surface area contributed by atoms with Gasteiger partial charge < -0.3 is 14.6 Å². The van der Waals surface area contributed by atoms with Gasteiger partial charge in [0, 0.05) is 5.92 Å². The fraction of sp³-hybridized carbons (Fsp3) is 0.562. The molecular weight excluding hydrogens is 256 g/mol. The van der Waals surface area contributed by atoms with E-state index in [4.69, 9.17) is 9.47 Å². The minimum Gasteiger partial charge on any atom is -0.388 e. The van der Waals surface area contributed by atoms with Gasteiger partial charge in [-0.1, -0.05) is 37.3 Å². The van der Waals surface area contributed by atoms with Crippen molar-refractivity contribution in [2.45, 2.75) is 31.7 Å². The van der Waals surface area contributed by atoms with Gasteiger partial charge in [0.1, 0.15) is 5.78 Å². The first-order chi connectivity index (χ1) is 9.68. The second-order valence-electron chi connectivity index (χ2n) is 5.55. The second kappa shape index (κ2) is 5.28. The standard InChI is InChI=1S/C16H20O4/c1-2-12-14(15(18)11-6-4-3-5-7-11)13(17)10-16(12)19-8-9-20-16/h3-7,12,14-15,18H,2,8-10H2,1H3/t12-,14-,15+/m1/s1. The highest BCUT2D eigenvalue weighted by Crippen LogP contribution is 2.49. The van der Waals surface area contributed by atoms with Gasteiger partial charge in [-0.15, -0.1) is 0 Å². The summed E-state index contributed by atoms with van der Waals surface area (Å²) in [6.07, 6.45) is 0.209. The summed E-state index contributed by atoms with van der Waals surface area (Å²) in [7, 11) is 0. The predicted molar refractivity (Wildman–Crippen MR) is 72.9 cm³/mol. The van der Waals surface area contributed by atoms with E-state index in [0.29, 0.717) is 13.2 Å². The Kier molecular flexibility index (Phi) is 3.63. The Hall–Kier alpha value is -1.23. The highest BCUT2D eigenvalue weighted by atomic mass is 16.7. The van der Waals surface area contributed by atoms with Crippen LogP contribution < -0.4 is 0 Å². The zero-order chi connectivity index (χ0) is 14.2. The van der Waals surface area contributed by atoms with Crippen molar-refractivity contribution in [2.75, 3.05) is 13.2 Å². The van der Waals surface area contributed by atoms with Crippen LogP contribution in [-0.4, -0.2) is 29.9 Å². The number of carbonyl (C=O) groups is 1. The van der Waals surface area contributed by atoms with Crippen molar-refractivity contribution >= 4 is 5.78 Å². The van der Waals surface area contributed by atoms with Crippen LogP contribution in [0, 0.1) is 11.8 Å². The highest BCUT2D eigenvalue weighted by molar-refractivity contribution is 5.85. The molecular formula is C16H20O4. The second-order valence-corrected chi connectivity index (χ2v) is 5.55. The van der Waals surface area contributed by atoms with Crippen LogP contribution in [-0.2, 0) is 14.3 Å². The van der Waals surface area contributed by atoms with Crippen molar-refractivity contribution in [2.24, 2.45) is 11.8 Å². The van der Waals surface area contributed by atoms with E-state index in [1.54, 1.807) is 0 Å². The molecule has 2 fully saturated rings. The molecule has 2 aliphatic rings. The van der Waals surface area contributed by atoms with Crippen molar-refractivity contribution < 1.29 is 19.4 Å². The number of hydrogen-bond acceptors (Lipinski definition) is 4. The summed E-state index contributed by atoms with van der Waals surface area (Å²) in [6, 6.07) is 9.35. The zero-order valence-corrected chi connectivity index (χ0v) is 11.6. The number of aliphatic hydroxyl groups is 1. The fourth-order valence-electron chi connectivity index (χ4n) is 3.60. The van der Waals surface area contributed by atoms with E-state index in [-0.39, 0.29) is 18.1 Å². The average Bonchev–Trinajstić information content (AvgIpc) is 3.04. The Bertz CT molecular complexity index is 479. The van der Waals surface area contributed by atoms with E-state index < -0.39 is 17.8 Å². The molecule has 4 heteroatoms. The summed E-state index contributed by atoms with van der Waals surface area (Å²) in [5, 5.41) is 10.6. The van der Waals surface area contributed by atoms with Crippen molar-refractivity contribution in [3.8, 4) is 0 Å². The Morgan fingerprint density at radius 1 is 1.30 bits per heavy atom. The van der Waals surface area contributed by atoms with Crippen LogP contribution in [0.4, 0.5) is 0 Å². The van der Waals surface area contributed by atoms with E-state index in [2.05, 4.69) is 0 Å². The number of hydrogen-bond donors (Lipinski definition) is 1. The molecule has 0 radical (unpaired) electrons. The van der Waals surface area contributed by atoms with Gasteiger partial charge in [0.25, 0.3) is 0 Å². The molecule has 1 N–H and O–H groups in total. The number of carbonyl (C=O) groups excluding carboxylic acids is 1. The van der Waals surface area contributed by atoms with Crippen molar-refractivity contribution in [1.82, 2.24) is 0 Å². The third kappa shape index (κ3) is 2.08. The molecule has 20 heavy (non-hydrogen) atoms. The van der Waals surface area contributed by atoms with Crippen LogP contribution in [0.25, 0.3) is 0 Å². The summed E-state index contributed by atoms with van der Waals surface area (Å²) < 4.78 is 11.5. The van der Waals surface area contributed by atoms with E-state index >= 15 is 0 Å². The molecule has 1 aromatic carbocycles. The van der Waals surface area contributed by atoms with Crippen LogP contribution in [0.15, 0.2) is 30.3 Å². The topological polar surface area (TPSA) is 55.8 Å². The average molecular weight is 276 g/mol. The summed E-state index contributed by atoms with van der Waals surface area (Å²) in [6.45, 7) is 3.07. The molecule has 3 atom stereocenters. The SMILES string of the molecule is CC[C@@H]1[C@@H]([C@@H](O)c2ccccc2)C(=O)CC12OCCO2. The Labute approximate surface area is 118 Å². The van der Waals surface area contributed by atoms with Gasteiger partial charge in [-0.2, -0.15) is 0 Å². The molecule has 108 valence electrons. The Balaban J connectivity index is 1.90. The van der Waals surface area contributed by atoms with E-state index in [1.807, 2.05) is 37.3 Å². The fourth-order valence-corrected chi connectivity index (χ4v) is 3.60. The Morgan fingerprint density at radius 3 is 2.55 bits per heavy atom. The van der Waals surface area contributed by atoms with Crippen molar-refractivity contribution in [1.29, 1.82) is 0 Å². The number of ether oxygens (including phenoxy) is 2. The molecule has 3 rings (SSSR count). The third-order valence-corrected chi connectivity index (χ3v) is 4.49. The van der Waals surface area contributed by atoms with Gasteiger partial charge in [-0.25, -0.2) is 0 Å². The molecule has 1 aliphatic heterocycles. The van der Waals surface area contributed by atoms with Crippen LogP contribution in [0.3, 0.4) is 0 Å². The molecule has 1 aromatic rings.